The summed E-state index contributed by atoms with van der Waals surface area (Å²) in [5, 5.41) is 0. The number of hydrogen-bond acceptors (Lipinski definition) is 4. The number of carbonyl (C=O) groups is 1. The lowest BCUT2D eigenvalue weighted by molar-refractivity contribution is -0.110. The van der Waals surface area contributed by atoms with Crippen molar-refractivity contribution in [3.8, 4) is 0 Å². The first-order chi connectivity index (χ1) is 8.24. The van der Waals surface area contributed by atoms with Crippen LogP contribution in [0.4, 0.5) is 0 Å². The Morgan fingerprint density at radius 2 is 1.88 bits per heavy atom. The van der Waals surface area contributed by atoms with Gasteiger partial charge in [-0.05, 0) is 24.5 Å². The molecule has 3 atom stereocenters. The Bertz CT molecular complexity index is 377. The van der Waals surface area contributed by atoms with Gasteiger partial charge in [0.05, 0.1) is 6.04 Å². The van der Waals surface area contributed by atoms with Crippen LogP contribution in [-0.4, -0.2) is 18.4 Å². The molecule has 1 saturated heterocycles. The molecule has 0 aliphatic carbocycles. The molecule has 0 radical (unpaired) electrons. The maximum absolute atomic E-state index is 10.9. The third-order valence-corrected chi connectivity index (χ3v) is 3.46. The molecule has 92 valence electrons. The topological polar surface area (TPSA) is 67.1 Å². The average molecular weight is 233 g/mol. The lowest BCUT2D eigenvalue weighted by Crippen LogP contribution is -2.33. The van der Waals surface area contributed by atoms with E-state index in [4.69, 9.17) is 5.73 Å². The molecule has 17 heavy (non-hydrogen) atoms. The zero-order valence-electron chi connectivity index (χ0n) is 10.0. The van der Waals surface area contributed by atoms with Crippen molar-refractivity contribution in [2.75, 3.05) is 0 Å². The Labute approximate surface area is 102 Å². The first kappa shape index (κ1) is 12.2. The van der Waals surface area contributed by atoms with Crippen LogP contribution in [0.1, 0.15) is 18.1 Å². The number of nitrogens with one attached hydrogen (secondary N) is 2. The Morgan fingerprint density at radius 3 is 2.47 bits per heavy atom. The minimum absolute atomic E-state index is 0.0980. The summed E-state index contributed by atoms with van der Waals surface area (Å²) in [5.74, 6) is 0.302. The molecule has 1 aromatic carbocycles. The van der Waals surface area contributed by atoms with Gasteiger partial charge in [-0.15, -0.1) is 0 Å². The SMILES string of the molecule is CC1NNC(C=O)C1Cc1ccc(CN)cc1. The van der Waals surface area contributed by atoms with Gasteiger partial charge in [0.15, 0.2) is 0 Å². The van der Waals surface area contributed by atoms with Gasteiger partial charge in [0.2, 0.25) is 0 Å². The predicted molar refractivity (Wildman–Crippen MR) is 67.1 cm³/mol. The van der Waals surface area contributed by atoms with Crippen molar-refractivity contribution < 1.29 is 4.79 Å². The van der Waals surface area contributed by atoms with Crippen LogP contribution in [0.25, 0.3) is 0 Å². The first-order valence-electron chi connectivity index (χ1n) is 5.99. The number of benzene rings is 1. The highest BCUT2D eigenvalue weighted by Crippen LogP contribution is 2.19. The van der Waals surface area contributed by atoms with Crippen molar-refractivity contribution in [3.63, 3.8) is 0 Å². The van der Waals surface area contributed by atoms with Gasteiger partial charge in [-0.25, -0.2) is 5.43 Å². The van der Waals surface area contributed by atoms with Crippen LogP contribution in [-0.2, 0) is 17.8 Å². The number of carbonyl (C=O) groups excluding carboxylic acids is 1. The summed E-state index contributed by atoms with van der Waals surface area (Å²) in [5.41, 5.74) is 14.1. The molecule has 4 N–H and O–H groups in total. The lowest BCUT2D eigenvalue weighted by atomic mass is 9.89. The molecule has 0 aromatic heterocycles. The fourth-order valence-electron chi connectivity index (χ4n) is 2.28. The highest BCUT2D eigenvalue weighted by molar-refractivity contribution is 5.59. The normalized spacial score (nSPS) is 28.2. The standard InChI is InChI=1S/C13H19N3O/c1-9-12(13(8-17)16-15-9)6-10-2-4-11(7-14)5-3-10/h2-5,8-9,12-13,15-16H,6-7,14H2,1H3. The van der Waals surface area contributed by atoms with Gasteiger partial charge >= 0.3 is 0 Å². The van der Waals surface area contributed by atoms with Crippen LogP contribution in [0.3, 0.4) is 0 Å². The molecule has 1 aliphatic rings. The maximum atomic E-state index is 10.9. The second kappa shape index (κ2) is 5.40. The van der Waals surface area contributed by atoms with E-state index in [0.29, 0.717) is 18.5 Å². The van der Waals surface area contributed by atoms with Crippen molar-refractivity contribution in [3.05, 3.63) is 35.4 Å². The van der Waals surface area contributed by atoms with E-state index in [1.165, 1.54) is 5.56 Å². The van der Waals surface area contributed by atoms with E-state index < -0.39 is 0 Å². The molecule has 0 amide bonds. The maximum Gasteiger partial charge on any atom is 0.138 e. The third-order valence-electron chi connectivity index (χ3n) is 3.46. The minimum atomic E-state index is -0.0980. The van der Waals surface area contributed by atoms with Gasteiger partial charge in [-0.2, -0.15) is 0 Å². The molecule has 0 saturated carbocycles. The van der Waals surface area contributed by atoms with Crippen molar-refractivity contribution in [2.24, 2.45) is 11.7 Å². The van der Waals surface area contributed by atoms with Crippen molar-refractivity contribution in [1.29, 1.82) is 0 Å². The van der Waals surface area contributed by atoms with E-state index in [1.807, 2.05) is 12.1 Å². The van der Waals surface area contributed by atoms with Crippen LogP contribution in [0.5, 0.6) is 0 Å². The third kappa shape index (κ3) is 2.72. The van der Waals surface area contributed by atoms with E-state index in [2.05, 4.69) is 29.9 Å². The highest BCUT2D eigenvalue weighted by Gasteiger charge is 2.32. The molecule has 1 heterocycles. The van der Waals surface area contributed by atoms with Crippen LogP contribution >= 0.6 is 0 Å². The van der Waals surface area contributed by atoms with E-state index in [-0.39, 0.29) is 6.04 Å². The van der Waals surface area contributed by atoms with Crippen molar-refractivity contribution >= 4 is 6.29 Å². The largest absolute Gasteiger partial charge is 0.326 e. The average Bonchev–Trinajstić information content (AvgIpc) is 2.71. The van der Waals surface area contributed by atoms with Gasteiger partial charge in [-0.3, -0.25) is 5.43 Å². The summed E-state index contributed by atoms with van der Waals surface area (Å²) in [4.78, 5) is 10.9. The smallest absolute Gasteiger partial charge is 0.138 e. The number of hydrogen-bond donors (Lipinski definition) is 3. The molecule has 2 rings (SSSR count). The Hall–Kier alpha value is -1.23. The Kier molecular flexibility index (Phi) is 3.89. The zero-order chi connectivity index (χ0) is 12.3. The molecule has 0 spiro atoms. The molecular weight excluding hydrogens is 214 g/mol. The van der Waals surface area contributed by atoms with Gasteiger partial charge in [-0.1, -0.05) is 24.3 Å². The summed E-state index contributed by atoms with van der Waals surface area (Å²) in [6.45, 7) is 2.66. The van der Waals surface area contributed by atoms with Gasteiger partial charge in [0.25, 0.3) is 0 Å². The molecular formula is C13H19N3O. The van der Waals surface area contributed by atoms with Crippen LogP contribution < -0.4 is 16.6 Å². The van der Waals surface area contributed by atoms with Crippen LogP contribution in [0.2, 0.25) is 0 Å². The Morgan fingerprint density at radius 1 is 1.24 bits per heavy atom. The van der Waals surface area contributed by atoms with Crippen LogP contribution in [0.15, 0.2) is 24.3 Å². The monoisotopic (exact) mass is 233 g/mol. The van der Waals surface area contributed by atoms with Crippen LogP contribution in [0, 0.1) is 5.92 Å². The summed E-state index contributed by atoms with van der Waals surface area (Å²) in [6.07, 6.45) is 1.88. The fraction of sp³-hybridized carbons (Fsp3) is 0.462. The first-order valence-corrected chi connectivity index (χ1v) is 5.99. The van der Waals surface area contributed by atoms with E-state index in [1.54, 1.807) is 0 Å². The minimum Gasteiger partial charge on any atom is -0.326 e. The summed E-state index contributed by atoms with van der Waals surface area (Å²) < 4.78 is 0. The molecule has 4 nitrogen and oxygen atoms in total. The number of rotatable bonds is 4. The molecule has 1 fully saturated rings. The molecule has 1 aromatic rings. The van der Waals surface area contributed by atoms with E-state index >= 15 is 0 Å². The van der Waals surface area contributed by atoms with Gasteiger partial charge < -0.3 is 10.5 Å². The summed E-state index contributed by atoms with van der Waals surface area (Å²) in [6, 6.07) is 8.49. The quantitative estimate of drug-likeness (QED) is 0.657. The highest BCUT2D eigenvalue weighted by atomic mass is 16.1. The lowest BCUT2D eigenvalue weighted by Gasteiger charge is -2.17. The second-order valence-corrected chi connectivity index (χ2v) is 4.63. The molecule has 1 aliphatic heterocycles. The number of hydrazine groups is 1. The molecule has 0 bridgehead atoms. The Balaban J connectivity index is 2.05. The molecule has 4 heteroatoms. The molecule has 3 unspecified atom stereocenters. The van der Waals surface area contributed by atoms with E-state index in [9.17, 15) is 4.79 Å². The van der Waals surface area contributed by atoms with E-state index in [0.717, 1.165) is 18.3 Å². The van der Waals surface area contributed by atoms with Gasteiger partial charge in [0, 0.05) is 18.5 Å². The number of nitrogens with two attached hydrogens (primary N) is 1. The number of aldehydes is 1. The second-order valence-electron chi connectivity index (χ2n) is 4.63. The van der Waals surface area contributed by atoms with Crippen molar-refractivity contribution in [1.82, 2.24) is 10.9 Å². The summed E-state index contributed by atoms with van der Waals surface area (Å²) >= 11 is 0. The van der Waals surface area contributed by atoms with Crippen molar-refractivity contribution in [2.45, 2.75) is 32.0 Å². The zero-order valence-corrected chi connectivity index (χ0v) is 10.0. The summed E-state index contributed by atoms with van der Waals surface area (Å²) in [7, 11) is 0. The fourth-order valence-corrected chi connectivity index (χ4v) is 2.28. The van der Waals surface area contributed by atoms with Gasteiger partial charge in [0.1, 0.15) is 6.29 Å². The predicted octanol–water partition coefficient (Wildman–Crippen LogP) is 0.368.